The maximum Gasteiger partial charge on any atom is 0.0502 e. The number of aliphatic hydroxyl groups is 1. The van der Waals surface area contributed by atoms with Crippen molar-refractivity contribution in [1.82, 2.24) is 0 Å². The molecule has 1 N–H and O–H groups in total. The minimum Gasteiger partial charge on any atom is -0.396 e. The Hall–Kier alpha value is -0.820. The molecule has 3 rings (SSSR count). The molecular formula is C13H16O. The van der Waals surface area contributed by atoms with Crippen LogP contribution < -0.4 is 0 Å². The van der Waals surface area contributed by atoms with Crippen LogP contribution in [0, 0.1) is 10.8 Å². The van der Waals surface area contributed by atoms with Gasteiger partial charge in [-0.1, -0.05) is 38.1 Å². The summed E-state index contributed by atoms with van der Waals surface area (Å²) < 4.78 is 0. The highest BCUT2D eigenvalue weighted by Gasteiger charge is 2.73. The van der Waals surface area contributed by atoms with E-state index >= 15 is 0 Å². The summed E-state index contributed by atoms with van der Waals surface area (Å²) in [4.78, 5) is 0. The van der Waals surface area contributed by atoms with Gasteiger partial charge in [-0.25, -0.2) is 0 Å². The van der Waals surface area contributed by atoms with Crippen molar-refractivity contribution < 1.29 is 5.11 Å². The van der Waals surface area contributed by atoms with Crippen LogP contribution in [0.3, 0.4) is 0 Å². The van der Waals surface area contributed by atoms with Gasteiger partial charge in [-0.3, -0.25) is 0 Å². The van der Waals surface area contributed by atoms with Crippen LogP contribution in [-0.4, -0.2) is 11.7 Å². The Labute approximate surface area is 84.8 Å². The molecule has 0 aromatic heterocycles. The molecule has 0 aliphatic heterocycles. The van der Waals surface area contributed by atoms with Gasteiger partial charge in [0.1, 0.15) is 0 Å². The molecule has 2 aliphatic rings. The summed E-state index contributed by atoms with van der Waals surface area (Å²) in [6.07, 6.45) is 1.07. The second kappa shape index (κ2) is 2.22. The first-order valence-electron chi connectivity index (χ1n) is 5.32. The predicted octanol–water partition coefficient (Wildman–Crippen LogP) is 2.34. The van der Waals surface area contributed by atoms with E-state index in [1.165, 1.54) is 11.1 Å². The molecule has 2 aliphatic carbocycles. The van der Waals surface area contributed by atoms with Crippen LogP contribution in [0.4, 0.5) is 0 Å². The van der Waals surface area contributed by atoms with Gasteiger partial charge in [0, 0.05) is 5.41 Å². The molecule has 0 spiro atoms. The van der Waals surface area contributed by atoms with Crippen LogP contribution in [0.5, 0.6) is 0 Å². The van der Waals surface area contributed by atoms with Gasteiger partial charge in [-0.15, -0.1) is 0 Å². The van der Waals surface area contributed by atoms with Crippen LogP contribution in [-0.2, 0) is 6.42 Å². The largest absolute Gasteiger partial charge is 0.396 e. The van der Waals surface area contributed by atoms with Crippen molar-refractivity contribution in [2.75, 3.05) is 6.61 Å². The quantitative estimate of drug-likeness (QED) is 0.717. The highest BCUT2D eigenvalue weighted by atomic mass is 16.3. The van der Waals surface area contributed by atoms with Crippen molar-refractivity contribution in [1.29, 1.82) is 0 Å². The molecule has 1 fully saturated rings. The third kappa shape index (κ3) is 0.683. The molecule has 1 aromatic rings. The maximum absolute atomic E-state index is 9.57. The average Bonchev–Trinajstić information content (AvgIpc) is 2.55. The number of fused-ring (bicyclic) bond motifs is 3. The Morgan fingerprint density at radius 2 is 2.07 bits per heavy atom. The molecule has 74 valence electrons. The number of benzene rings is 1. The standard InChI is InChI=1S/C13H16O/c1-12(2)11-10-6-4-3-5-9(10)7-13(11,12)8-14/h3-6,11,14H,7-8H2,1-2H3. The lowest BCUT2D eigenvalue weighted by atomic mass is 9.89. The molecular weight excluding hydrogens is 172 g/mol. The van der Waals surface area contributed by atoms with Gasteiger partial charge in [0.25, 0.3) is 0 Å². The average molecular weight is 188 g/mol. The van der Waals surface area contributed by atoms with Gasteiger partial charge in [-0.05, 0) is 28.9 Å². The maximum atomic E-state index is 9.57. The fourth-order valence-corrected chi connectivity index (χ4v) is 3.63. The first-order chi connectivity index (χ1) is 6.63. The van der Waals surface area contributed by atoms with Crippen molar-refractivity contribution in [3.8, 4) is 0 Å². The Morgan fingerprint density at radius 1 is 1.36 bits per heavy atom. The Bertz CT molecular complexity index is 394. The molecule has 0 heterocycles. The van der Waals surface area contributed by atoms with E-state index in [-0.39, 0.29) is 5.41 Å². The first kappa shape index (κ1) is 8.49. The monoisotopic (exact) mass is 188 g/mol. The van der Waals surface area contributed by atoms with E-state index in [0.717, 1.165) is 6.42 Å². The molecule has 0 saturated heterocycles. The molecule has 0 bridgehead atoms. The zero-order valence-electron chi connectivity index (χ0n) is 8.75. The Kier molecular flexibility index (Phi) is 1.35. The minimum absolute atomic E-state index is 0.163. The second-order valence-electron chi connectivity index (χ2n) is 5.34. The summed E-state index contributed by atoms with van der Waals surface area (Å²) in [5, 5.41) is 9.57. The topological polar surface area (TPSA) is 20.2 Å². The third-order valence-corrected chi connectivity index (χ3v) is 4.63. The number of aliphatic hydroxyl groups excluding tert-OH is 1. The highest BCUT2D eigenvalue weighted by molar-refractivity contribution is 5.49. The third-order valence-electron chi connectivity index (χ3n) is 4.63. The van der Waals surface area contributed by atoms with Crippen LogP contribution in [0.2, 0.25) is 0 Å². The zero-order valence-corrected chi connectivity index (χ0v) is 8.75. The van der Waals surface area contributed by atoms with Crippen molar-refractivity contribution in [2.45, 2.75) is 26.2 Å². The zero-order chi connectivity index (χ0) is 9.97. The summed E-state index contributed by atoms with van der Waals surface area (Å²) in [7, 11) is 0. The van der Waals surface area contributed by atoms with E-state index in [1.807, 2.05) is 0 Å². The summed E-state index contributed by atoms with van der Waals surface area (Å²) in [5.41, 5.74) is 3.39. The molecule has 1 heteroatoms. The lowest BCUT2D eigenvalue weighted by molar-refractivity contribution is 0.181. The van der Waals surface area contributed by atoms with E-state index < -0.39 is 0 Å². The minimum atomic E-state index is 0.163. The predicted molar refractivity (Wildman–Crippen MR) is 56.2 cm³/mol. The Morgan fingerprint density at radius 3 is 2.79 bits per heavy atom. The molecule has 1 saturated carbocycles. The van der Waals surface area contributed by atoms with Crippen molar-refractivity contribution in [2.24, 2.45) is 10.8 Å². The summed E-state index contributed by atoms with van der Waals surface area (Å²) >= 11 is 0. The molecule has 0 radical (unpaired) electrons. The van der Waals surface area contributed by atoms with Crippen LogP contribution >= 0.6 is 0 Å². The lowest BCUT2D eigenvalue weighted by Crippen LogP contribution is -2.16. The van der Waals surface area contributed by atoms with E-state index in [1.54, 1.807) is 0 Å². The van der Waals surface area contributed by atoms with Gasteiger partial charge in [0.2, 0.25) is 0 Å². The fraction of sp³-hybridized carbons (Fsp3) is 0.538. The molecule has 1 nitrogen and oxygen atoms in total. The molecule has 2 atom stereocenters. The van der Waals surface area contributed by atoms with Crippen molar-refractivity contribution in [3.63, 3.8) is 0 Å². The van der Waals surface area contributed by atoms with Gasteiger partial charge >= 0.3 is 0 Å². The SMILES string of the molecule is CC1(C)C2c3ccccc3CC21CO. The summed E-state index contributed by atoms with van der Waals surface area (Å²) in [5.74, 6) is 0.594. The lowest BCUT2D eigenvalue weighted by Gasteiger charge is -2.17. The van der Waals surface area contributed by atoms with Crippen LogP contribution in [0.15, 0.2) is 24.3 Å². The summed E-state index contributed by atoms with van der Waals surface area (Å²) in [6.45, 7) is 4.90. The van der Waals surface area contributed by atoms with E-state index in [0.29, 0.717) is 17.9 Å². The van der Waals surface area contributed by atoms with Gasteiger partial charge in [-0.2, -0.15) is 0 Å². The van der Waals surface area contributed by atoms with Crippen LogP contribution in [0.1, 0.15) is 30.9 Å². The Balaban J connectivity index is 2.12. The number of hydrogen-bond donors (Lipinski definition) is 1. The van der Waals surface area contributed by atoms with Crippen LogP contribution in [0.25, 0.3) is 0 Å². The normalized spacial score (nSPS) is 36.4. The van der Waals surface area contributed by atoms with E-state index in [2.05, 4.69) is 38.1 Å². The van der Waals surface area contributed by atoms with E-state index in [9.17, 15) is 5.11 Å². The fourth-order valence-electron chi connectivity index (χ4n) is 3.63. The smallest absolute Gasteiger partial charge is 0.0502 e. The van der Waals surface area contributed by atoms with Gasteiger partial charge in [0.15, 0.2) is 0 Å². The molecule has 14 heavy (non-hydrogen) atoms. The van der Waals surface area contributed by atoms with Gasteiger partial charge < -0.3 is 5.11 Å². The first-order valence-corrected chi connectivity index (χ1v) is 5.32. The molecule has 1 aromatic carbocycles. The molecule has 0 amide bonds. The van der Waals surface area contributed by atoms with E-state index in [4.69, 9.17) is 0 Å². The molecule has 2 unspecified atom stereocenters. The number of hydrogen-bond acceptors (Lipinski definition) is 1. The summed E-state index contributed by atoms with van der Waals surface area (Å²) in [6, 6.07) is 8.64. The van der Waals surface area contributed by atoms with Crippen molar-refractivity contribution in [3.05, 3.63) is 35.4 Å². The van der Waals surface area contributed by atoms with Crippen molar-refractivity contribution >= 4 is 0 Å². The second-order valence-corrected chi connectivity index (χ2v) is 5.34. The number of rotatable bonds is 1. The van der Waals surface area contributed by atoms with Gasteiger partial charge in [0.05, 0.1) is 6.61 Å². The highest BCUT2D eigenvalue weighted by Crippen LogP contribution is 2.78.